The second-order valence-corrected chi connectivity index (χ2v) is 5.97. The number of carbonyl (C=O) groups is 1. The van der Waals surface area contributed by atoms with E-state index in [0.29, 0.717) is 21.5 Å². The highest BCUT2D eigenvalue weighted by Gasteiger charge is 2.09. The molecule has 2 aromatic rings. The van der Waals surface area contributed by atoms with Crippen LogP contribution >= 0.6 is 35.0 Å². The molecule has 0 saturated carbocycles. The Balaban J connectivity index is 2.06. The molecule has 0 spiro atoms. The summed E-state index contributed by atoms with van der Waals surface area (Å²) in [5.74, 6) is 0.519. The van der Waals surface area contributed by atoms with Crippen molar-refractivity contribution in [3.8, 4) is 5.75 Å². The fourth-order valence-corrected chi connectivity index (χ4v) is 2.48. The smallest absolute Gasteiger partial charge is 0.410 e. The first-order chi connectivity index (χ1) is 9.99. The van der Waals surface area contributed by atoms with E-state index in [0.717, 1.165) is 10.5 Å². The summed E-state index contributed by atoms with van der Waals surface area (Å²) in [6, 6.07) is 10.5. The highest BCUT2D eigenvalue weighted by Crippen LogP contribution is 2.26. The predicted molar refractivity (Wildman–Crippen MR) is 89.1 cm³/mol. The lowest BCUT2D eigenvalue weighted by molar-refractivity contribution is 0.215. The van der Waals surface area contributed by atoms with E-state index in [1.165, 1.54) is 0 Å². The molecule has 1 amide bonds. The number of benzene rings is 2. The molecule has 0 atom stereocenters. The second kappa shape index (κ2) is 7.07. The van der Waals surface area contributed by atoms with Gasteiger partial charge in [0, 0.05) is 10.6 Å². The number of amides is 1. The SMILES string of the molecule is CSc1ccc(OC(=O)Nc2ccc(Cl)c(Cl)c2)c(C)c1. The number of hydrogen-bond donors (Lipinski definition) is 1. The number of halogens is 2. The van der Waals surface area contributed by atoms with Gasteiger partial charge in [-0.2, -0.15) is 0 Å². The maximum atomic E-state index is 11.9. The molecule has 110 valence electrons. The predicted octanol–water partition coefficient (Wildman–Crippen LogP) is 5.63. The Bertz CT molecular complexity index is 677. The molecule has 0 aromatic heterocycles. The maximum absolute atomic E-state index is 11.9. The summed E-state index contributed by atoms with van der Waals surface area (Å²) in [5.41, 5.74) is 1.42. The molecule has 0 unspecified atom stereocenters. The van der Waals surface area contributed by atoms with Crippen molar-refractivity contribution in [3.05, 3.63) is 52.0 Å². The molecule has 6 heteroatoms. The monoisotopic (exact) mass is 341 g/mol. The van der Waals surface area contributed by atoms with Gasteiger partial charge in [-0.1, -0.05) is 23.2 Å². The van der Waals surface area contributed by atoms with Gasteiger partial charge in [-0.15, -0.1) is 11.8 Å². The average molecular weight is 342 g/mol. The number of anilines is 1. The van der Waals surface area contributed by atoms with Gasteiger partial charge in [-0.3, -0.25) is 5.32 Å². The Morgan fingerprint density at radius 2 is 1.90 bits per heavy atom. The summed E-state index contributed by atoms with van der Waals surface area (Å²) in [6.45, 7) is 1.89. The lowest BCUT2D eigenvalue weighted by Gasteiger charge is -2.10. The van der Waals surface area contributed by atoms with Gasteiger partial charge in [0.05, 0.1) is 10.0 Å². The van der Waals surface area contributed by atoms with Gasteiger partial charge in [0.2, 0.25) is 0 Å². The van der Waals surface area contributed by atoms with Gasteiger partial charge in [-0.25, -0.2) is 4.79 Å². The summed E-state index contributed by atoms with van der Waals surface area (Å²) in [5, 5.41) is 3.40. The zero-order chi connectivity index (χ0) is 15.4. The summed E-state index contributed by atoms with van der Waals surface area (Å²) in [6.07, 6.45) is 1.42. The number of carbonyl (C=O) groups excluding carboxylic acids is 1. The highest BCUT2D eigenvalue weighted by atomic mass is 35.5. The minimum absolute atomic E-state index is 0.370. The minimum Gasteiger partial charge on any atom is -0.410 e. The molecule has 0 fully saturated rings. The molecule has 2 aromatic carbocycles. The molecule has 0 aliphatic heterocycles. The topological polar surface area (TPSA) is 38.3 Å². The van der Waals surface area contributed by atoms with Crippen LogP contribution < -0.4 is 10.1 Å². The minimum atomic E-state index is -0.576. The summed E-state index contributed by atoms with van der Waals surface area (Å²) >= 11 is 13.3. The molecule has 2 rings (SSSR count). The Morgan fingerprint density at radius 3 is 2.52 bits per heavy atom. The molecule has 0 aliphatic carbocycles. The van der Waals surface area contributed by atoms with Crippen molar-refractivity contribution in [1.29, 1.82) is 0 Å². The molecule has 0 radical (unpaired) electrons. The molecular formula is C15H13Cl2NO2S. The first-order valence-corrected chi connectivity index (χ1v) is 8.06. The molecule has 0 aliphatic rings. The Hall–Kier alpha value is -1.36. The fraction of sp³-hybridized carbons (Fsp3) is 0.133. The van der Waals surface area contributed by atoms with Gasteiger partial charge >= 0.3 is 6.09 Å². The van der Waals surface area contributed by atoms with E-state index in [2.05, 4.69) is 5.32 Å². The van der Waals surface area contributed by atoms with Crippen LogP contribution in [0.25, 0.3) is 0 Å². The maximum Gasteiger partial charge on any atom is 0.417 e. The van der Waals surface area contributed by atoms with Crippen molar-refractivity contribution >= 4 is 46.7 Å². The van der Waals surface area contributed by atoms with E-state index in [-0.39, 0.29) is 0 Å². The Kier molecular flexibility index (Phi) is 5.39. The van der Waals surface area contributed by atoms with Crippen LogP contribution in [0.2, 0.25) is 10.0 Å². The van der Waals surface area contributed by atoms with Gasteiger partial charge < -0.3 is 4.74 Å². The summed E-state index contributed by atoms with van der Waals surface area (Å²) < 4.78 is 5.28. The number of aryl methyl sites for hydroxylation is 1. The number of nitrogens with one attached hydrogen (secondary N) is 1. The van der Waals surface area contributed by atoms with E-state index in [9.17, 15) is 4.79 Å². The van der Waals surface area contributed by atoms with Crippen LogP contribution in [-0.4, -0.2) is 12.3 Å². The molecule has 0 saturated heterocycles. The zero-order valence-electron chi connectivity index (χ0n) is 11.4. The van der Waals surface area contributed by atoms with Gasteiger partial charge in [0.25, 0.3) is 0 Å². The van der Waals surface area contributed by atoms with Crippen molar-refractivity contribution in [2.24, 2.45) is 0 Å². The van der Waals surface area contributed by atoms with Crippen LogP contribution in [0.4, 0.5) is 10.5 Å². The Labute approximate surface area is 137 Å². The molecule has 21 heavy (non-hydrogen) atoms. The second-order valence-electron chi connectivity index (χ2n) is 4.27. The largest absolute Gasteiger partial charge is 0.417 e. The standard InChI is InChI=1S/C15H13Cl2NO2S/c1-9-7-11(21-2)4-6-14(9)20-15(19)18-10-3-5-12(16)13(17)8-10/h3-8H,1-2H3,(H,18,19). The van der Waals surface area contributed by atoms with Gasteiger partial charge in [0.15, 0.2) is 0 Å². The van der Waals surface area contributed by atoms with Crippen LogP contribution in [-0.2, 0) is 0 Å². The molecule has 1 N–H and O–H groups in total. The molecule has 0 bridgehead atoms. The quantitative estimate of drug-likeness (QED) is 0.734. The van der Waals surface area contributed by atoms with Gasteiger partial charge in [0.1, 0.15) is 5.75 Å². The lowest BCUT2D eigenvalue weighted by atomic mass is 10.2. The lowest BCUT2D eigenvalue weighted by Crippen LogP contribution is -2.17. The normalized spacial score (nSPS) is 10.3. The van der Waals surface area contributed by atoms with Crippen molar-refractivity contribution in [2.45, 2.75) is 11.8 Å². The third-order valence-electron chi connectivity index (χ3n) is 2.75. The molecular weight excluding hydrogens is 329 g/mol. The third kappa shape index (κ3) is 4.30. The summed E-state index contributed by atoms with van der Waals surface area (Å²) in [4.78, 5) is 13.0. The van der Waals surface area contributed by atoms with E-state index in [4.69, 9.17) is 27.9 Å². The van der Waals surface area contributed by atoms with E-state index in [1.807, 2.05) is 25.3 Å². The van der Waals surface area contributed by atoms with Crippen LogP contribution in [0.3, 0.4) is 0 Å². The average Bonchev–Trinajstić information content (AvgIpc) is 2.45. The number of rotatable bonds is 3. The van der Waals surface area contributed by atoms with Gasteiger partial charge in [-0.05, 0) is 55.1 Å². The summed E-state index contributed by atoms with van der Waals surface area (Å²) in [7, 11) is 0. The van der Waals surface area contributed by atoms with Crippen LogP contribution in [0.15, 0.2) is 41.3 Å². The van der Waals surface area contributed by atoms with Crippen LogP contribution in [0.1, 0.15) is 5.56 Å². The third-order valence-corrected chi connectivity index (χ3v) is 4.22. The highest BCUT2D eigenvalue weighted by molar-refractivity contribution is 7.98. The van der Waals surface area contributed by atoms with E-state index < -0.39 is 6.09 Å². The Morgan fingerprint density at radius 1 is 1.14 bits per heavy atom. The van der Waals surface area contributed by atoms with Crippen molar-refractivity contribution in [2.75, 3.05) is 11.6 Å². The number of ether oxygens (including phenoxy) is 1. The van der Waals surface area contributed by atoms with Crippen LogP contribution in [0, 0.1) is 6.92 Å². The van der Waals surface area contributed by atoms with Crippen molar-refractivity contribution < 1.29 is 9.53 Å². The molecule has 0 heterocycles. The van der Waals surface area contributed by atoms with E-state index in [1.54, 1.807) is 36.0 Å². The number of hydrogen-bond acceptors (Lipinski definition) is 3. The van der Waals surface area contributed by atoms with Crippen molar-refractivity contribution in [3.63, 3.8) is 0 Å². The number of thioether (sulfide) groups is 1. The first kappa shape index (κ1) is 16.0. The van der Waals surface area contributed by atoms with Crippen molar-refractivity contribution in [1.82, 2.24) is 0 Å². The zero-order valence-corrected chi connectivity index (χ0v) is 13.8. The van der Waals surface area contributed by atoms with Crippen LogP contribution in [0.5, 0.6) is 5.75 Å². The fourth-order valence-electron chi connectivity index (χ4n) is 1.68. The molecule has 3 nitrogen and oxygen atoms in total. The first-order valence-electron chi connectivity index (χ1n) is 6.08. The van der Waals surface area contributed by atoms with E-state index >= 15 is 0 Å².